The van der Waals surface area contributed by atoms with Crippen LogP contribution in [0.3, 0.4) is 0 Å². The predicted molar refractivity (Wildman–Crippen MR) is 135 cm³/mol. The predicted octanol–water partition coefficient (Wildman–Crippen LogP) is 2.28. The number of fused-ring (bicyclic) bond motifs is 1. The zero-order valence-electron chi connectivity index (χ0n) is 20.2. The van der Waals surface area contributed by atoms with E-state index in [0.29, 0.717) is 28.7 Å². The fourth-order valence-corrected chi connectivity index (χ4v) is 5.14. The van der Waals surface area contributed by atoms with Crippen molar-refractivity contribution in [2.45, 2.75) is 6.54 Å². The molecule has 0 spiro atoms. The first-order valence-corrected chi connectivity index (χ1v) is 12.4. The van der Waals surface area contributed by atoms with Gasteiger partial charge < -0.3 is 9.84 Å². The highest BCUT2D eigenvalue weighted by Gasteiger charge is 2.26. The molecule has 8 nitrogen and oxygen atoms in total. The minimum atomic E-state index is -1.08. The molecule has 3 aromatic rings. The zero-order chi connectivity index (χ0) is 25.1. The molecule has 2 saturated heterocycles. The Morgan fingerprint density at radius 2 is 1.42 bits per heavy atom. The molecule has 2 aliphatic rings. The first-order valence-electron chi connectivity index (χ1n) is 12.4. The Bertz CT molecular complexity index is 1280. The lowest BCUT2D eigenvalue weighted by molar-refractivity contribution is 0.0296. The molecule has 3 heterocycles. The van der Waals surface area contributed by atoms with E-state index < -0.39 is 11.8 Å². The van der Waals surface area contributed by atoms with Crippen LogP contribution < -0.4 is 5.56 Å². The topological polar surface area (TPSA) is 78.2 Å². The smallest absolute Gasteiger partial charge is 0.338 e. The zero-order valence-corrected chi connectivity index (χ0v) is 20.2. The third-order valence-corrected chi connectivity index (χ3v) is 7.16. The lowest BCUT2D eigenvalue weighted by Crippen LogP contribution is -2.49. The van der Waals surface area contributed by atoms with E-state index in [0.717, 1.165) is 65.6 Å². The molecule has 9 heteroatoms. The Morgan fingerprint density at radius 1 is 0.833 bits per heavy atom. The van der Waals surface area contributed by atoms with Gasteiger partial charge in [0.15, 0.2) is 0 Å². The van der Waals surface area contributed by atoms with Crippen LogP contribution in [-0.4, -0.2) is 95.9 Å². The minimum Gasteiger partial charge on any atom is -0.478 e. The van der Waals surface area contributed by atoms with Crippen molar-refractivity contribution >= 4 is 16.7 Å². The number of piperazine rings is 1. The van der Waals surface area contributed by atoms with E-state index >= 15 is 0 Å². The van der Waals surface area contributed by atoms with Crippen molar-refractivity contribution in [3.63, 3.8) is 0 Å². The first kappa shape index (κ1) is 24.6. The van der Waals surface area contributed by atoms with Gasteiger partial charge in [0.25, 0.3) is 5.56 Å². The molecule has 2 aliphatic heterocycles. The van der Waals surface area contributed by atoms with Gasteiger partial charge in [0.1, 0.15) is 5.82 Å². The molecular weight excluding hydrogens is 463 g/mol. The van der Waals surface area contributed by atoms with Crippen molar-refractivity contribution in [1.82, 2.24) is 19.3 Å². The van der Waals surface area contributed by atoms with Crippen LogP contribution in [0.4, 0.5) is 4.39 Å². The van der Waals surface area contributed by atoms with Crippen LogP contribution >= 0.6 is 0 Å². The normalized spacial score (nSPS) is 18.0. The monoisotopic (exact) mass is 494 g/mol. The maximum absolute atomic E-state index is 13.7. The Labute approximate surface area is 209 Å². The van der Waals surface area contributed by atoms with Gasteiger partial charge in [0.2, 0.25) is 0 Å². The van der Waals surface area contributed by atoms with Crippen LogP contribution in [0.15, 0.2) is 53.3 Å². The van der Waals surface area contributed by atoms with E-state index in [-0.39, 0.29) is 11.1 Å². The molecule has 1 aromatic heterocycles. The summed E-state index contributed by atoms with van der Waals surface area (Å²) in [4.78, 5) is 33.1. The van der Waals surface area contributed by atoms with Crippen LogP contribution in [0.1, 0.15) is 16.1 Å². The Balaban J connectivity index is 1.42. The summed E-state index contributed by atoms with van der Waals surface area (Å²) in [7, 11) is 0. The molecule has 0 amide bonds. The van der Waals surface area contributed by atoms with E-state index in [1.54, 1.807) is 24.3 Å². The number of carbonyl (C=O) groups is 1. The van der Waals surface area contributed by atoms with Crippen molar-refractivity contribution in [2.24, 2.45) is 0 Å². The summed E-state index contributed by atoms with van der Waals surface area (Å²) in [5.74, 6) is -1.50. The summed E-state index contributed by atoms with van der Waals surface area (Å²) in [5.41, 5.74) is 0.680. The van der Waals surface area contributed by atoms with Crippen LogP contribution in [0, 0.1) is 5.82 Å². The fraction of sp³-hybridized carbons (Fsp3) is 0.407. The average Bonchev–Trinajstić information content (AvgIpc) is 2.90. The largest absolute Gasteiger partial charge is 0.478 e. The molecule has 190 valence electrons. The number of carboxylic acid groups (broad SMARTS) is 1. The van der Waals surface area contributed by atoms with Crippen molar-refractivity contribution in [2.75, 3.05) is 65.6 Å². The van der Waals surface area contributed by atoms with Crippen LogP contribution in [0.5, 0.6) is 0 Å². The fourth-order valence-electron chi connectivity index (χ4n) is 5.14. The Hall–Kier alpha value is -3.11. The average molecular weight is 495 g/mol. The number of hydrogen-bond donors (Lipinski definition) is 1. The van der Waals surface area contributed by atoms with E-state index in [1.165, 1.54) is 28.8 Å². The number of halogens is 1. The van der Waals surface area contributed by atoms with Gasteiger partial charge in [-0.1, -0.05) is 18.2 Å². The molecule has 1 N–H and O–H groups in total. The minimum absolute atomic E-state index is 0.115. The van der Waals surface area contributed by atoms with Gasteiger partial charge in [0.05, 0.1) is 24.5 Å². The summed E-state index contributed by atoms with van der Waals surface area (Å²) in [5, 5.41) is 11.0. The number of aromatic nitrogens is 1. The lowest BCUT2D eigenvalue weighted by atomic mass is 10.0. The summed E-state index contributed by atoms with van der Waals surface area (Å²) in [6.07, 6.45) is 0. The number of morpholine rings is 1. The van der Waals surface area contributed by atoms with Crippen molar-refractivity contribution in [1.29, 1.82) is 0 Å². The molecule has 0 radical (unpaired) electrons. The van der Waals surface area contributed by atoms with E-state index in [9.17, 15) is 19.1 Å². The number of benzene rings is 2. The molecule has 0 unspecified atom stereocenters. The Morgan fingerprint density at radius 3 is 2.06 bits per heavy atom. The molecule has 2 fully saturated rings. The number of aromatic carboxylic acids is 1. The van der Waals surface area contributed by atoms with Gasteiger partial charge in [0, 0.05) is 75.4 Å². The third kappa shape index (κ3) is 5.19. The second-order valence-corrected chi connectivity index (χ2v) is 9.36. The lowest BCUT2D eigenvalue weighted by Gasteiger charge is -2.36. The van der Waals surface area contributed by atoms with Gasteiger partial charge >= 0.3 is 5.97 Å². The molecule has 0 atom stereocenters. The number of nitrogens with zero attached hydrogens (tertiary/aromatic N) is 4. The van der Waals surface area contributed by atoms with E-state index in [1.807, 2.05) is 0 Å². The maximum Gasteiger partial charge on any atom is 0.338 e. The summed E-state index contributed by atoms with van der Waals surface area (Å²) in [6, 6.07) is 12.4. The van der Waals surface area contributed by atoms with Gasteiger partial charge in [-0.25, -0.2) is 9.18 Å². The van der Waals surface area contributed by atoms with Crippen molar-refractivity contribution < 1.29 is 19.0 Å². The SMILES string of the molecule is O=C(O)c1c(CN2CCN(CCN3CCOCC3)CC2)n(-c2ccc(F)cc2)c(=O)c2ccccc12. The van der Waals surface area contributed by atoms with Crippen molar-refractivity contribution in [3.05, 3.63) is 76.0 Å². The summed E-state index contributed by atoms with van der Waals surface area (Å²) >= 11 is 0. The Kier molecular flexibility index (Phi) is 7.43. The van der Waals surface area contributed by atoms with Crippen molar-refractivity contribution in [3.8, 4) is 5.69 Å². The molecule has 0 bridgehead atoms. The number of pyridine rings is 1. The highest BCUT2D eigenvalue weighted by atomic mass is 19.1. The first-order chi connectivity index (χ1) is 17.5. The second-order valence-electron chi connectivity index (χ2n) is 9.36. The molecule has 5 rings (SSSR count). The second kappa shape index (κ2) is 10.9. The van der Waals surface area contributed by atoms with Crippen LogP contribution in [-0.2, 0) is 11.3 Å². The number of rotatable bonds is 7. The molecule has 2 aromatic carbocycles. The van der Waals surface area contributed by atoms with Crippen LogP contribution in [0.25, 0.3) is 16.5 Å². The molecule has 0 aliphatic carbocycles. The maximum atomic E-state index is 13.7. The number of carboxylic acids is 1. The van der Waals surface area contributed by atoms with Gasteiger partial charge in [-0.3, -0.25) is 24.1 Å². The summed E-state index contributed by atoms with van der Waals surface area (Å²) in [6.45, 7) is 9.15. The molecule has 0 saturated carbocycles. The van der Waals surface area contributed by atoms with Gasteiger partial charge in [-0.2, -0.15) is 0 Å². The molecular formula is C27H31FN4O4. The standard InChI is InChI=1S/C27H31FN4O4/c28-20-5-7-21(8-6-20)32-24(25(27(34)35)22-3-1-2-4-23(22)26(32)33)19-31-13-11-29(12-14-31)9-10-30-15-17-36-18-16-30/h1-8H,9-19H2,(H,34,35). The third-order valence-electron chi connectivity index (χ3n) is 7.16. The number of ether oxygens (including phenoxy) is 1. The quantitative estimate of drug-likeness (QED) is 0.540. The van der Waals surface area contributed by atoms with E-state index in [2.05, 4.69) is 14.7 Å². The van der Waals surface area contributed by atoms with Crippen LogP contribution in [0.2, 0.25) is 0 Å². The van der Waals surface area contributed by atoms with E-state index in [4.69, 9.17) is 4.74 Å². The highest BCUT2D eigenvalue weighted by Crippen LogP contribution is 2.24. The van der Waals surface area contributed by atoms with Gasteiger partial charge in [-0.15, -0.1) is 0 Å². The summed E-state index contributed by atoms with van der Waals surface area (Å²) < 4.78 is 20.5. The highest BCUT2D eigenvalue weighted by molar-refractivity contribution is 6.04. The molecule has 36 heavy (non-hydrogen) atoms. The number of hydrogen-bond acceptors (Lipinski definition) is 6. The van der Waals surface area contributed by atoms with Gasteiger partial charge in [-0.05, 0) is 30.3 Å².